The van der Waals surface area contributed by atoms with Crippen LogP contribution in [0, 0.1) is 11.8 Å². The molecule has 0 radical (unpaired) electrons. The summed E-state index contributed by atoms with van der Waals surface area (Å²) in [6, 6.07) is 6.60. The average Bonchev–Trinajstić information content (AvgIpc) is 2.33. The van der Waals surface area contributed by atoms with Crippen molar-refractivity contribution in [3.05, 3.63) is 22.7 Å². The van der Waals surface area contributed by atoms with E-state index >= 15 is 0 Å². The number of halogens is 1. The van der Waals surface area contributed by atoms with E-state index in [0.29, 0.717) is 6.04 Å². The van der Waals surface area contributed by atoms with Gasteiger partial charge in [0, 0.05) is 21.9 Å². The van der Waals surface area contributed by atoms with Gasteiger partial charge in [-0.25, -0.2) is 0 Å². The second kappa shape index (κ2) is 5.96. The lowest BCUT2D eigenvalue weighted by molar-refractivity contribution is 0.254. The number of nitrogens with two attached hydrogens (primary N) is 1. The zero-order valence-corrected chi connectivity index (χ0v) is 12.8. The van der Waals surface area contributed by atoms with Gasteiger partial charge >= 0.3 is 0 Å². The third-order valence-electron chi connectivity index (χ3n) is 4.01. The highest BCUT2D eigenvalue weighted by atomic mass is 79.9. The van der Waals surface area contributed by atoms with Crippen molar-refractivity contribution in [1.29, 1.82) is 0 Å². The molecule has 2 rings (SSSR count). The Morgan fingerprint density at radius 3 is 2.67 bits per heavy atom. The third kappa shape index (κ3) is 3.19. The third-order valence-corrected chi connectivity index (χ3v) is 4.67. The summed E-state index contributed by atoms with van der Waals surface area (Å²) in [5.74, 6) is 1.53. The summed E-state index contributed by atoms with van der Waals surface area (Å²) in [6.45, 7) is 4.67. The smallest absolute Gasteiger partial charge is 0.0488 e. The molecule has 0 saturated heterocycles. The van der Waals surface area contributed by atoms with Gasteiger partial charge in [0.15, 0.2) is 0 Å². The molecular weight excluding hydrogens is 288 g/mol. The Morgan fingerprint density at radius 2 is 2.00 bits per heavy atom. The lowest BCUT2D eigenvalue weighted by Crippen LogP contribution is -2.35. The summed E-state index contributed by atoms with van der Waals surface area (Å²) >= 11 is 3.59. The molecule has 0 spiro atoms. The molecule has 1 aromatic rings. The lowest BCUT2D eigenvalue weighted by Gasteiger charge is -2.35. The van der Waals surface area contributed by atoms with Crippen molar-refractivity contribution in [1.82, 2.24) is 0 Å². The molecule has 100 valence electrons. The minimum atomic E-state index is 0.596. The van der Waals surface area contributed by atoms with Gasteiger partial charge in [0.1, 0.15) is 0 Å². The molecule has 1 fully saturated rings. The van der Waals surface area contributed by atoms with Gasteiger partial charge < -0.3 is 11.1 Å². The highest BCUT2D eigenvalue weighted by molar-refractivity contribution is 9.10. The minimum Gasteiger partial charge on any atom is -0.399 e. The van der Waals surface area contributed by atoms with Gasteiger partial charge in [0.25, 0.3) is 0 Å². The van der Waals surface area contributed by atoms with Crippen LogP contribution in [0.4, 0.5) is 11.4 Å². The number of benzene rings is 1. The Morgan fingerprint density at radius 1 is 1.28 bits per heavy atom. The van der Waals surface area contributed by atoms with Crippen molar-refractivity contribution >= 4 is 27.3 Å². The molecule has 1 aliphatic carbocycles. The second-order valence-electron chi connectivity index (χ2n) is 5.68. The fraction of sp³-hybridized carbons (Fsp3) is 0.600. The molecule has 2 atom stereocenters. The van der Waals surface area contributed by atoms with Crippen LogP contribution in [-0.4, -0.2) is 6.04 Å². The van der Waals surface area contributed by atoms with Crippen LogP contribution in [0.5, 0.6) is 0 Å². The SMILES string of the molecule is CC(C)C1CCCCC1Nc1ccc(N)cc1Br. The quantitative estimate of drug-likeness (QED) is 0.797. The van der Waals surface area contributed by atoms with Gasteiger partial charge in [0.05, 0.1) is 0 Å². The van der Waals surface area contributed by atoms with Crippen LogP contribution in [0.25, 0.3) is 0 Å². The predicted octanol–water partition coefficient (Wildman–Crippen LogP) is 4.66. The molecule has 0 bridgehead atoms. The van der Waals surface area contributed by atoms with E-state index in [1.807, 2.05) is 12.1 Å². The predicted molar refractivity (Wildman–Crippen MR) is 82.8 cm³/mol. The van der Waals surface area contributed by atoms with Gasteiger partial charge in [0.2, 0.25) is 0 Å². The van der Waals surface area contributed by atoms with Gasteiger partial charge in [-0.1, -0.05) is 26.7 Å². The molecule has 18 heavy (non-hydrogen) atoms. The molecule has 3 N–H and O–H groups in total. The Bertz CT molecular complexity index is 403. The van der Waals surface area contributed by atoms with Crippen molar-refractivity contribution in [2.45, 2.75) is 45.6 Å². The van der Waals surface area contributed by atoms with Crippen molar-refractivity contribution in [2.24, 2.45) is 11.8 Å². The van der Waals surface area contributed by atoms with E-state index in [4.69, 9.17) is 5.73 Å². The van der Waals surface area contributed by atoms with Gasteiger partial charge in [-0.3, -0.25) is 0 Å². The first-order valence-electron chi connectivity index (χ1n) is 6.89. The maximum Gasteiger partial charge on any atom is 0.0488 e. The molecule has 1 saturated carbocycles. The van der Waals surface area contributed by atoms with Gasteiger partial charge in [-0.05, 0) is 58.8 Å². The summed E-state index contributed by atoms with van der Waals surface area (Å²) in [4.78, 5) is 0. The number of anilines is 2. The van der Waals surface area contributed by atoms with Crippen LogP contribution in [0.1, 0.15) is 39.5 Å². The van der Waals surface area contributed by atoms with Crippen LogP contribution in [0.2, 0.25) is 0 Å². The topological polar surface area (TPSA) is 38.0 Å². The molecule has 0 heterocycles. The van der Waals surface area contributed by atoms with Crippen molar-refractivity contribution in [2.75, 3.05) is 11.1 Å². The number of nitrogen functional groups attached to an aromatic ring is 1. The molecule has 2 nitrogen and oxygen atoms in total. The summed E-state index contributed by atoms with van der Waals surface area (Å²) < 4.78 is 1.07. The fourth-order valence-corrected chi connectivity index (χ4v) is 3.50. The Labute approximate surface area is 118 Å². The normalized spacial score (nSPS) is 24.2. The van der Waals surface area contributed by atoms with Crippen LogP contribution in [0.3, 0.4) is 0 Å². The van der Waals surface area contributed by atoms with Crippen molar-refractivity contribution in [3.8, 4) is 0 Å². The lowest BCUT2D eigenvalue weighted by atomic mass is 9.78. The molecular formula is C15H23BrN2. The Kier molecular flexibility index (Phi) is 4.55. The highest BCUT2D eigenvalue weighted by Crippen LogP contribution is 2.34. The zero-order chi connectivity index (χ0) is 13.1. The standard InChI is InChI=1S/C15H23BrN2/c1-10(2)12-5-3-4-6-14(12)18-15-8-7-11(17)9-13(15)16/h7-10,12,14,18H,3-6,17H2,1-2H3. The maximum absolute atomic E-state index is 5.78. The summed E-state index contributed by atoms with van der Waals surface area (Å²) in [5, 5.41) is 3.71. The summed E-state index contributed by atoms with van der Waals surface area (Å²) in [6.07, 6.45) is 5.35. The maximum atomic E-state index is 5.78. The highest BCUT2D eigenvalue weighted by Gasteiger charge is 2.27. The second-order valence-corrected chi connectivity index (χ2v) is 6.54. The number of hydrogen-bond donors (Lipinski definition) is 2. The fourth-order valence-electron chi connectivity index (χ4n) is 2.98. The van der Waals surface area contributed by atoms with Crippen LogP contribution in [-0.2, 0) is 0 Å². The molecule has 2 unspecified atom stereocenters. The van der Waals surface area contributed by atoms with E-state index in [2.05, 4.69) is 41.2 Å². The van der Waals surface area contributed by atoms with E-state index in [9.17, 15) is 0 Å². The molecule has 0 aliphatic heterocycles. The summed E-state index contributed by atoms with van der Waals surface area (Å²) in [7, 11) is 0. The van der Waals surface area contributed by atoms with Crippen molar-refractivity contribution in [3.63, 3.8) is 0 Å². The first kappa shape index (κ1) is 13.7. The number of hydrogen-bond acceptors (Lipinski definition) is 2. The largest absolute Gasteiger partial charge is 0.399 e. The van der Waals surface area contributed by atoms with Crippen molar-refractivity contribution < 1.29 is 0 Å². The Balaban J connectivity index is 2.11. The first-order valence-corrected chi connectivity index (χ1v) is 7.69. The average molecular weight is 311 g/mol. The van der Waals surface area contributed by atoms with Gasteiger partial charge in [-0.2, -0.15) is 0 Å². The summed E-state index contributed by atoms with van der Waals surface area (Å²) in [5.41, 5.74) is 7.75. The van der Waals surface area contributed by atoms with E-state index in [1.54, 1.807) is 0 Å². The van der Waals surface area contributed by atoms with E-state index in [1.165, 1.54) is 31.4 Å². The van der Waals surface area contributed by atoms with Gasteiger partial charge in [-0.15, -0.1) is 0 Å². The molecule has 0 amide bonds. The van der Waals surface area contributed by atoms with E-state index in [-0.39, 0.29) is 0 Å². The van der Waals surface area contributed by atoms with E-state index in [0.717, 1.165) is 22.0 Å². The van der Waals surface area contributed by atoms with E-state index < -0.39 is 0 Å². The monoisotopic (exact) mass is 310 g/mol. The first-order chi connectivity index (χ1) is 8.58. The van der Waals surface area contributed by atoms with Crippen LogP contribution in [0.15, 0.2) is 22.7 Å². The van der Waals surface area contributed by atoms with Crippen LogP contribution < -0.4 is 11.1 Å². The molecule has 1 aliphatic rings. The number of nitrogens with one attached hydrogen (secondary N) is 1. The Hall–Kier alpha value is -0.700. The zero-order valence-electron chi connectivity index (χ0n) is 11.2. The number of rotatable bonds is 3. The molecule has 3 heteroatoms. The van der Waals surface area contributed by atoms with Crippen LogP contribution >= 0.6 is 15.9 Å². The minimum absolute atomic E-state index is 0.596. The molecule has 0 aromatic heterocycles. The molecule has 1 aromatic carbocycles.